The lowest BCUT2D eigenvalue weighted by molar-refractivity contribution is 0.0238. The number of hydrogen-bond donors (Lipinski definition) is 0. The van der Waals surface area contributed by atoms with Gasteiger partial charge in [-0.1, -0.05) is 83.9 Å². The Bertz CT molecular complexity index is 1750. The van der Waals surface area contributed by atoms with E-state index in [1.165, 1.54) is 13.2 Å². The van der Waals surface area contributed by atoms with Crippen LogP contribution in [0.15, 0.2) is 107 Å². The molecule has 0 saturated carbocycles. The van der Waals surface area contributed by atoms with Crippen LogP contribution in [0.25, 0.3) is 11.1 Å². The van der Waals surface area contributed by atoms with E-state index in [4.69, 9.17) is 27.9 Å². The Hall–Kier alpha value is -4.26. The topological polar surface area (TPSA) is 56.8 Å². The lowest BCUT2D eigenvalue weighted by Crippen LogP contribution is -2.40. The molecule has 0 spiro atoms. The number of allylic oxidation sites excluding steroid dienone is 2. The van der Waals surface area contributed by atoms with Crippen LogP contribution in [-0.2, 0) is 10.3 Å². The molecule has 2 atom stereocenters. The molecular weight excluding hydrogens is 549 g/mol. The molecule has 0 fully saturated rings. The van der Waals surface area contributed by atoms with Crippen molar-refractivity contribution in [3.05, 3.63) is 152 Å². The smallest absolute Gasteiger partial charge is 0.159 e. The summed E-state index contributed by atoms with van der Waals surface area (Å²) in [5, 5.41) is 19.4. The molecule has 5 rings (SSSR count). The van der Waals surface area contributed by atoms with Crippen molar-refractivity contribution in [1.29, 1.82) is 10.5 Å². The van der Waals surface area contributed by atoms with Gasteiger partial charge in [0.25, 0.3) is 0 Å². The van der Waals surface area contributed by atoms with Gasteiger partial charge in [-0.2, -0.15) is 10.5 Å². The molecule has 4 aromatic rings. The van der Waals surface area contributed by atoms with Crippen LogP contribution in [0.4, 0.5) is 8.78 Å². The molecule has 1 aliphatic rings. The molecule has 2 unspecified atom stereocenters. The van der Waals surface area contributed by atoms with Crippen molar-refractivity contribution in [1.82, 2.24) is 0 Å². The van der Waals surface area contributed by atoms with Crippen molar-refractivity contribution >= 4 is 34.3 Å². The molecule has 0 heterocycles. The fourth-order valence-corrected chi connectivity index (χ4v) is 6.04. The average molecular weight is 569 g/mol. The van der Waals surface area contributed by atoms with Crippen LogP contribution in [0.2, 0.25) is 0 Å². The Morgan fingerprint density at radius 3 is 2.05 bits per heavy atom. The summed E-state index contributed by atoms with van der Waals surface area (Å²) in [5.41, 5.74) is 2.63. The van der Waals surface area contributed by atoms with Crippen LogP contribution in [0, 0.1) is 34.3 Å². The molecule has 40 heavy (non-hydrogen) atoms. The van der Waals surface area contributed by atoms with Crippen LogP contribution in [0.1, 0.15) is 39.3 Å². The Balaban J connectivity index is 1.98. The highest BCUT2D eigenvalue weighted by atomic mass is 35.5. The third kappa shape index (κ3) is 4.49. The minimum atomic E-state index is -1.52. The largest absolute Gasteiger partial charge is 0.368 e. The number of nitrogens with zero attached hydrogens (tertiary/aromatic N) is 2. The van der Waals surface area contributed by atoms with Crippen LogP contribution >= 0.6 is 23.2 Å². The van der Waals surface area contributed by atoms with E-state index < -0.39 is 23.2 Å². The van der Waals surface area contributed by atoms with E-state index in [1.807, 2.05) is 30.3 Å². The molecule has 3 nitrogen and oxygen atoms in total. The van der Waals surface area contributed by atoms with E-state index >= 15 is 0 Å². The fraction of sp³-hybridized carbons (Fsp3) is 0.0909. The number of halogens is 4. The first-order valence-corrected chi connectivity index (χ1v) is 13.0. The van der Waals surface area contributed by atoms with Crippen molar-refractivity contribution in [3.8, 4) is 12.1 Å². The number of ether oxygens (including phenoxy) is 1. The van der Waals surface area contributed by atoms with E-state index in [9.17, 15) is 19.3 Å². The average Bonchev–Trinajstić information content (AvgIpc) is 3.00. The van der Waals surface area contributed by atoms with E-state index in [0.717, 1.165) is 12.1 Å². The molecular formula is C33H20Cl2F2N2O. The predicted molar refractivity (Wildman–Crippen MR) is 152 cm³/mol. The van der Waals surface area contributed by atoms with Crippen molar-refractivity contribution in [2.75, 3.05) is 7.11 Å². The zero-order chi connectivity index (χ0) is 28.4. The van der Waals surface area contributed by atoms with Gasteiger partial charge in [-0.25, -0.2) is 8.78 Å². The molecule has 0 aromatic heterocycles. The Morgan fingerprint density at radius 1 is 0.750 bits per heavy atom. The molecule has 0 saturated heterocycles. The number of nitriles is 2. The summed E-state index contributed by atoms with van der Waals surface area (Å²) >= 11 is 14.2. The molecule has 0 amide bonds. The van der Waals surface area contributed by atoms with Gasteiger partial charge in [0.2, 0.25) is 0 Å². The number of methoxy groups -OCH3 is 1. The van der Waals surface area contributed by atoms with Crippen LogP contribution in [0.5, 0.6) is 0 Å². The van der Waals surface area contributed by atoms with Gasteiger partial charge in [0.15, 0.2) is 11.6 Å². The standard InChI is InChI=1S/C33H20Cl2F2N2O/c1-40-33(25-14-15-26(36)27(37)17-25)29(22-7-3-2-4-8-22)28(24-9-5-6-21(16-24)19-39)31(34)32(35)30(33)23-12-10-20(18-38)11-13-23/h2-17,30H,1H3. The maximum Gasteiger partial charge on any atom is 0.159 e. The highest BCUT2D eigenvalue weighted by Gasteiger charge is 2.52. The van der Waals surface area contributed by atoms with E-state index in [1.54, 1.807) is 48.5 Å². The van der Waals surface area contributed by atoms with E-state index in [-0.39, 0.29) is 10.1 Å². The predicted octanol–water partition coefficient (Wildman–Crippen LogP) is 8.65. The Morgan fingerprint density at radius 2 is 1.43 bits per heavy atom. The van der Waals surface area contributed by atoms with Gasteiger partial charge in [0, 0.05) is 23.3 Å². The minimum Gasteiger partial charge on any atom is -0.368 e. The molecule has 0 bridgehead atoms. The first-order valence-electron chi connectivity index (χ1n) is 12.2. The van der Waals surface area contributed by atoms with Gasteiger partial charge >= 0.3 is 0 Å². The first kappa shape index (κ1) is 27.3. The molecule has 0 aliphatic heterocycles. The number of hydrogen-bond acceptors (Lipinski definition) is 3. The summed E-state index contributed by atoms with van der Waals surface area (Å²) in [4.78, 5) is 0. The molecule has 196 valence electrons. The lowest BCUT2D eigenvalue weighted by Gasteiger charge is -2.46. The van der Waals surface area contributed by atoms with Gasteiger partial charge in [0.05, 0.1) is 34.2 Å². The third-order valence-electron chi connectivity index (χ3n) is 7.10. The summed E-state index contributed by atoms with van der Waals surface area (Å²) in [6.07, 6.45) is 0. The summed E-state index contributed by atoms with van der Waals surface area (Å²) in [5.74, 6) is -2.88. The van der Waals surface area contributed by atoms with E-state index in [2.05, 4.69) is 12.1 Å². The summed E-state index contributed by atoms with van der Waals surface area (Å²) in [6, 6.07) is 30.9. The van der Waals surface area contributed by atoms with Crippen LogP contribution < -0.4 is 0 Å². The third-order valence-corrected chi connectivity index (χ3v) is 7.99. The number of benzene rings is 4. The zero-order valence-corrected chi connectivity index (χ0v) is 22.6. The second-order valence-corrected chi connectivity index (χ2v) is 9.99. The molecule has 0 N–H and O–H groups in total. The zero-order valence-electron chi connectivity index (χ0n) is 21.1. The van der Waals surface area contributed by atoms with Gasteiger partial charge < -0.3 is 4.74 Å². The van der Waals surface area contributed by atoms with Crippen molar-refractivity contribution < 1.29 is 13.5 Å². The Kier molecular flexibility index (Phi) is 7.57. The molecule has 1 aliphatic carbocycles. The van der Waals surface area contributed by atoms with Gasteiger partial charge in [-0.3, -0.25) is 0 Å². The van der Waals surface area contributed by atoms with Gasteiger partial charge in [-0.05, 0) is 58.7 Å². The monoisotopic (exact) mass is 568 g/mol. The van der Waals surface area contributed by atoms with Crippen LogP contribution in [-0.4, -0.2) is 7.11 Å². The van der Waals surface area contributed by atoms with E-state index in [0.29, 0.717) is 44.5 Å². The number of rotatable bonds is 5. The van der Waals surface area contributed by atoms with Crippen LogP contribution in [0.3, 0.4) is 0 Å². The fourth-order valence-electron chi connectivity index (χ4n) is 5.35. The quantitative estimate of drug-likeness (QED) is 0.242. The Labute approximate surface area is 240 Å². The van der Waals surface area contributed by atoms with Crippen molar-refractivity contribution in [2.24, 2.45) is 0 Å². The minimum absolute atomic E-state index is 0.204. The highest BCUT2D eigenvalue weighted by Crippen LogP contribution is 2.61. The highest BCUT2D eigenvalue weighted by molar-refractivity contribution is 6.46. The normalized spacial score (nSPS) is 18.8. The summed E-state index contributed by atoms with van der Waals surface area (Å²) in [6.45, 7) is 0. The second kappa shape index (κ2) is 11.1. The van der Waals surface area contributed by atoms with Gasteiger partial charge in [0.1, 0.15) is 5.60 Å². The summed E-state index contributed by atoms with van der Waals surface area (Å²) < 4.78 is 35.6. The SMILES string of the molecule is COC1(c2ccc(F)c(F)c2)C(c2ccccc2)=C(c2cccc(C#N)c2)C(Cl)=C(Cl)C1c1ccc(C#N)cc1. The molecule has 7 heteroatoms. The first-order chi connectivity index (χ1) is 19.3. The molecule has 4 aromatic carbocycles. The lowest BCUT2D eigenvalue weighted by atomic mass is 9.65. The summed E-state index contributed by atoms with van der Waals surface area (Å²) in [7, 11) is 1.48. The van der Waals surface area contributed by atoms with Gasteiger partial charge in [-0.15, -0.1) is 0 Å². The maximum atomic E-state index is 14.9. The van der Waals surface area contributed by atoms with Crippen molar-refractivity contribution in [2.45, 2.75) is 11.5 Å². The molecule has 0 radical (unpaired) electrons. The maximum absolute atomic E-state index is 14.9. The van der Waals surface area contributed by atoms with Crippen molar-refractivity contribution in [3.63, 3.8) is 0 Å². The second-order valence-electron chi connectivity index (χ2n) is 9.21.